The number of carboxylic acid groups (broad SMARTS) is 1. The van der Waals surface area contributed by atoms with Crippen LogP contribution in [-0.2, 0) is 10.2 Å². The maximum Gasteiger partial charge on any atom is 0.315 e. The normalized spacial score (nSPS) is 19.4. The fourth-order valence-electron chi connectivity index (χ4n) is 2.11. The Hall–Kier alpha value is -1.45. The number of nitrogens with zero attached hydrogens (tertiary/aromatic N) is 2. The molecule has 14 heavy (non-hydrogen) atoms. The van der Waals surface area contributed by atoms with E-state index in [1.807, 2.05) is 0 Å². The van der Waals surface area contributed by atoms with E-state index < -0.39 is 11.4 Å². The minimum atomic E-state index is -0.770. The van der Waals surface area contributed by atoms with Crippen molar-refractivity contribution in [2.24, 2.45) is 0 Å². The summed E-state index contributed by atoms with van der Waals surface area (Å²) in [6.07, 6.45) is 4.85. The minimum Gasteiger partial charge on any atom is -0.481 e. The Labute approximate surface area is 82.0 Å². The van der Waals surface area contributed by atoms with Gasteiger partial charge in [-0.1, -0.05) is 12.8 Å². The zero-order valence-corrected chi connectivity index (χ0v) is 7.81. The molecule has 1 heterocycles. The maximum absolute atomic E-state index is 11.3. The van der Waals surface area contributed by atoms with Crippen LogP contribution in [0, 0.1) is 0 Å². The summed E-state index contributed by atoms with van der Waals surface area (Å²) in [5.41, 5.74) is -0.168. The van der Waals surface area contributed by atoms with Crippen molar-refractivity contribution >= 4 is 5.97 Å². The van der Waals surface area contributed by atoms with Crippen LogP contribution < -0.4 is 0 Å². The molecule has 0 amide bonds. The van der Waals surface area contributed by atoms with Crippen molar-refractivity contribution in [1.29, 1.82) is 0 Å². The molecule has 0 aromatic carbocycles. The Bertz CT molecular complexity index is 331. The number of aromatic nitrogens is 2. The van der Waals surface area contributed by atoms with Crippen LogP contribution in [-0.4, -0.2) is 21.3 Å². The van der Waals surface area contributed by atoms with Gasteiger partial charge in [0, 0.05) is 6.20 Å². The van der Waals surface area contributed by atoms with E-state index in [-0.39, 0.29) is 0 Å². The van der Waals surface area contributed by atoms with Crippen LogP contribution in [0.4, 0.5) is 0 Å². The lowest BCUT2D eigenvalue weighted by Gasteiger charge is -2.21. The van der Waals surface area contributed by atoms with Crippen LogP contribution in [0.15, 0.2) is 18.3 Å². The number of hydrogen-bond acceptors (Lipinski definition) is 3. The number of carboxylic acids is 1. The first-order valence-electron chi connectivity index (χ1n) is 4.77. The first kappa shape index (κ1) is 9.12. The third-order valence-corrected chi connectivity index (χ3v) is 2.93. The van der Waals surface area contributed by atoms with Crippen molar-refractivity contribution < 1.29 is 9.90 Å². The summed E-state index contributed by atoms with van der Waals surface area (Å²) >= 11 is 0. The molecule has 0 unspecified atom stereocenters. The Morgan fingerprint density at radius 1 is 1.43 bits per heavy atom. The summed E-state index contributed by atoms with van der Waals surface area (Å²) in [5.74, 6) is -0.768. The second-order valence-corrected chi connectivity index (χ2v) is 3.70. The molecule has 0 saturated heterocycles. The van der Waals surface area contributed by atoms with E-state index in [0.717, 1.165) is 12.8 Å². The van der Waals surface area contributed by atoms with Crippen LogP contribution in [0.25, 0.3) is 0 Å². The van der Waals surface area contributed by atoms with Gasteiger partial charge in [-0.05, 0) is 25.0 Å². The van der Waals surface area contributed by atoms with E-state index in [2.05, 4.69) is 10.2 Å². The molecule has 2 rings (SSSR count). The lowest BCUT2D eigenvalue weighted by atomic mass is 9.83. The fraction of sp³-hybridized carbons (Fsp3) is 0.500. The summed E-state index contributed by atoms with van der Waals surface area (Å²) in [7, 11) is 0. The van der Waals surface area contributed by atoms with Gasteiger partial charge in [-0.3, -0.25) is 4.79 Å². The van der Waals surface area contributed by atoms with Crippen LogP contribution in [0.1, 0.15) is 31.4 Å². The molecule has 0 bridgehead atoms. The second-order valence-electron chi connectivity index (χ2n) is 3.70. The lowest BCUT2D eigenvalue weighted by Crippen LogP contribution is -2.33. The Morgan fingerprint density at radius 3 is 2.64 bits per heavy atom. The average Bonchev–Trinajstić information content (AvgIpc) is 2.69. The molecule has 4 heteroatoms. The second kappa shape index (κ2) is 3.36. The van der Waals surface area contributed by atoms with E-state index in [1.165, 1.54) is 0 Å². The molecule has 1 aromatic heterocycles. The molecular formula is C10H12N2O2. The molecule has 1 aliphatic carbocycles. The zero-order chi connectivity index (χ0) is 10.0. The van der Waals surface area contributed by atoms with Gasteiger partial charge in [0.15, 0.2) is 0 Å². The molecule has 0 aliphatic heterocycles. The third-order valence-electron chi connectivity index (χ3n) is 2.93. The van der Waals surface area contributed by atoms with Gasteiger partial charge in [0.1, 0.15) is 5.41 Å². The van der Waals surface area contributed by atoms with Gasteiger partial charge in [0.25, 0.3) is 0 Å². The number of carbonyl (C=O) groups is 1. The van der Waals surface area contributed by atoms with Crippen molar-refractivity contribution in [3.63, 3.8) is 0 Å². The summed E-state index contributed by atoms with van der Waals surface area (Å²) in [5, 5.41) is 16.9. The Kier molecular flexibility index (Phi) is 2.19. The number of rotatable bonds is 2. The van der Waals surface area contributed by atoms with Crippen molar-refractivity contribution in [3.05, 3.63) is 24.0 Å². The standard InChI is InChI=1S/C10H12N2O2/c13-9(14)10(5-1-2-6-10)8-4-3-7-11-12-8/h3-4,7H,1-2,5-6H2,(H,13,14). The highest BCUT2D eigenvalue weighted by Gasteiger charge is 2.44. The highest BCUT2D eigenvalue weighted by molar-refractivity contribution is 5.81. The summed E-state index contributed by atoms with van der Waals surface area (Å²) in [6.45, 7) is 0. The summed E-state index contributed by atoms with van der Waals surface area (Å²) < 4.78 is 0. The van der Waals surface area contributed by atoms with Crippen molar-refractivity contribution in [3.8, 4) is 0 Å². The average molecular weight is 192 g/mol. The molecule has 0 radical (unpaired) electrons. The molecule has 1 aromatic rings. The van der Waals surface area contributed by atoms with Crippen LogP contribution in [0.5, 0.6) is 0 Å². The molecule has 1 N–H and O–H groups in total. The Morgan fingerprint density at radius 2 is 2.14 bits per heavy atom. The molecule has 0 spiro atoms. The maximum atomic E-state index is 11.3. The minimum absolute atomic E-state index is 0.602. The number of aliphatic carboxylic acids is 1. The van der Waals surface area contributed by atoms with E-state index in [4.69, 9.17) is 0 Å². The van der Waals surface area contributed by atoms with Crippen LogP contribution in [0.3, 0.4) is 0 Å². The van der Waals surface area contributed by atoms with Gasteiger partial charge >= 0.3 is 5.97 Å². The monoisotopic (exact) mass is 192 g/mol. The molecule has 0 atom stereocenters. The summed E-state index contributed by atoms with van der Waals surface area (Å²) in [6, 6.07) is 3.50. The molecule has 1 saturated carbocycles. The summed E-state index contributed by atoms with van der Waals surface area (Å²) in [4.78, 5) is 11.3. The van der Waals surface area contributed by atoms with E-state index in [1.54, 1.807) is 18.3 Å². The van der Waals surface area contributed by atoms with Crippen molar-refractivity contribution in [2.45, 2.75) is 31.1 Å². The SMILES string of the molecule is O=C(O)C1(c2cccnn2)CCCC1. The van der Waals surface area contributed by atoms with Crippen molar-refractivity contribution in [2.75, 3.05) is 0 Å². The number of hydrogen-bond donors (Lipinski definition) is 1. The molecular weight excluding hydrogens is 180 g/mol. The first-order chi connectivity index (χ1) is 6.76. The highest BCUT2D eigenvalue weighted by atomic mass is 16.4. The van der Waals surface area contributed by atoms with Crippen molar-refractivity contribution in [1.82, 2.24) is 10.2 Å². The smallest absolute Gasteiger partial charge is 0.315 e. The van der Waals surface area contributed by atoms with E-state index in [0.29, 0.717) is 18.5 Å². The van der Waals surface area contributed by atoms with Crippen LogP contribution >= 0.6 is 0 Å². The van der Waals surface area contributed by atoms with Gasteiger partial charge in [-0.2, -0.15) is 10.2 Å². The topological polar surface area (TPSA) is 63.1 Å². The van der Waals surface area contributed by atoms with Gasteiger partial charge in [0.2, 0.25) is 0 Å². The fourth-order valence-corrected chi connectivity index (χ4v) is 2.11. The zero-order valence-electron chi connectivity index (χ0n) is 7.81. The third kappa shape index (κ3) is 1.27. The van der Waals surface area contributed by atoms with Gasteiger partial charge < -0.3 is 5.11 Å². The quantitative estimate of drug-likeness (QED) is 0.768. The van der Waals surface area contributed by atoms with Gasteiger partial charge in [0.05, 0.1) is 5.69 Å². The molecule has 1 aliphatic rings. The van der Waals surface area contributed by atoms with Gasteiger partial charge in [-0.25, -0.2) is 0 Å². The molecule has 1 fully saturated rings. The van der Waals surface area contributed by atoms with E-state index >= 15 is 0 Å². The van der Waals surface area contributed by atoms with Crippen LogP contribution in [0.2, 0.25) is 0 Å². The van der Waals surface area contributed by atoms with E-state index in [9.17, 15) is 9.90 Å². The largest absolute Gasteiger partial charge is 0.481 e. The van der Waals surface area contributed by atoms with Gasteiger partial charge in [-0.15, -0.1) is 0 Å². The molecule has 74 valence electrons. The molecule has 4 nitrogen and oxygen atoms in total. The first-order valence-corrected chi connectivity index (χ1v) is 4.77. The predicted molar refractivity (Wildman–Crippen MR) is 49.8 cm³/mol. The predicted octanol–water partition coefficient (Wildman–Crippen LogP) is 1.37. The highest BCUT2D eigenvalue weighted by Crippen LogP contribution is 2.39. The lowest BCUT2D eigenvalue weighted by molar-refractivity contribution is -0.143. The Balaban J connectivity index is 2.42.